The van der Waals surface area contributed by atoms with E-state index in [1.54, 1.807) is 11.8 Å². The summed E-state index contributed by atoms with van der Waals surface area (Å²) in [5.74, 6) is 0. The lowest BCUT2D eigenvalue weighted by molar-refractivity contribution is 0.941. The molecule has 90 valence electrons. The molecule has 2 rings (SSSR count). The summed E-state index contributed by atoms with van der Waals surface area (Å²) in [7, 11) is 0. The Morgan fingerprint density at radius 3 is 2.29 bits per heavy atom. The van der Waals surface area contributed by atoms with Gasteiger partial charge in [-0.3, -0.25) is 0 Å². The first-order valence-corrected chi connectivity index (χ1v) is 6.92. The quantitative estimate of drug-likeness (QED) is 0.843. The van der Waals surface area contributed by atoms with Gasteiger partial charge in [-0.1, -0.05) is 0 Å². The Labute approximate surface area is 107 Å². The zero-order valence-corrected chi connectivity index (χ0v) is 11.3. The molecule has 0 bridgehead atoms. The summed E-state index contributed by atoms with van der Waals surface area (Å²) in [6.45, 7) is 4.84. The average Bonchev–Trinajstić information content (AvgIpc) is 2.64. The second-order valence-corrected chi connectivity index (χ2v) is 5.01. The van der Waals surface area contributed by atoms with Gasteiger partial charge in [-0.05, 0) is 56.0 Å². The molecule has 0 aliphatic rings. The van der Waals surface area contributed by atoms with Crippen molar-refractivity contribution in [3.63, 3.8) is 0 Å². The molecule has 3 heteroatoms. The van der Waals surface area contributed by atoms with Crippen LogP contribution < -0.4 is 5.73 Å². The van der Waals surface area contributed by atoms with Gasteiger partial charge < -0.3 is 10.3 Å². The molecule has 1 heterocycles. The van der Waals surface area contributed by atoms with E-state index >= 15 is 0 Å². The minimum atomic E-state index is 0.600. The summed E-state index contributed by atoms with van der Waals surface area (Å²) >= 11 is 1.76. The highest BCUT2D eigenvalue weighted by Gasteiger charge is 2.09. The third-order valence-electron chi connectivity index (χ3n) is 3.09. The Morgan fingerprint density at radius 2 is 1.82 bits per heavy atom. The first-order chi connectivity index (χ1) is 8.17. The highest BCUT2D eigenvalue weighted by atomic mass is 32.2. The van der Waals surface area contributed by atoms with Crippen LogP contribution in [0.15, 0.2) is 35.2 Å². The lowest BCUT2D eigenvalue weighted by atomic mass is 10.2. The molecule has 2 aromatic rings. The van der Waals surface area contributed by atoms with Gasteiger partial charge in [0, 0.05) is 28.5 Å². The molecule has 0 spiro atoms. The molecular weight excluding hydrogens is 228 g/mol. The second kappa shape index (κ2) is 4.98. The van der Waals surface area contributed by atoms with Crippen LogP contribution in [0.4, 0.5) is 0 Å². The van der Waals surface area contributed by atoms with Gasteiger partial charge >= 0.3 is 0 Å². The Bertz CT molecular complexity index is 512. The largest absolute Gasteiger partial charge is 0.326 e. The van der Waals surface area contributed by atoms with Gasteiger partial charge in [0.1, 0.15) is 0 Å². The van der Waals surface area contributed by atoms with Crippen LogP contribution in [0, 0.1) is 13.8 Å². The normalized spacial score (nSPS) is 10.8. The standard InChI is InChI=1S/C14H18N2S/c1-10-8-12(9-15)11(2)16(10)13-4-6-14(17-3)7-5-13/h4-8H,9,15H2,1-3H3. The van der Waals surface area contributed by atoms with Crippen LogP contribution in [0.5, 0.6) is 0 Å². The first kappa shape index (κ1) is 12.3. The minimum Gasteiger partial charge on any atom is -0.326 e. The third kappa shape index (κ3) is 2.26. The number of aromatic nitrogens is 1. The van der Waals surface area contributed by atoms with Crippen molar-refractivity contribution in [2.24, 2.45) is 5.73 Å². The van der Waals surface area contributed by atoms with Crippen LogP contribution >= 0.6 is 11.8 Å². The van der Waals surface area contributed by atoms with Crippen molar-refractivity contribution in [3.8, 4) is 5.69 Å². The molecule has 2 N–H and O–H groups in total. The molecule has 0 saturated heterocycles. The Morgan fingerprint density at radius 1 is 1.18 bits per heavy atom. The first-order valence-electron chi connectivity index (χ1n) is 5.69. The zero-order valence-electron chi connectivity index (χ0n) is 10.5. The van der Waals surface area contributed by atoms with E-state index in [-0.39, 0.29) is 0 Å². The van der Waals surface area contributed by atoms with Crippen molar-refractivity contribution in [3.05, 3.63) is 47.3 Å². The SMILES string of the molecule is CSc1ccc(-n2c(C)cc(CN)c2C)cc1. The van der Waals surface area contributed by atoms with E-state index in [2.05, 4.69) is 55.0 Å². The van der Waals surface area contributed by atoms with Crippen molar-refractivity contribution in [1.29, 1.82) is 0 Å². The number of nitrogens with two attached hydrogens (primary N) is 1. The molecule has 0 amide bonds. The number of nitrogens with zero attached hydrogens (tertiary/aromatic N) is 1. The molecule has 2 nitrogen and oxygen atoms in total. The van der Waals surface area contributed by atoms with E-state index in [1.807, 2.05) is 0 Å². The lowest BCUT2D eigenvalue weighted by Crippen LogP contribution is -2.01. The molecule has 0 fully saturated rings. The summed E-state index contributed by atoms with van der Waals surface area (Å²) < 4.78 is 2.26. The van der Waals surface area contributed by atoms with E-state index < -0.39 is 0 Å². The smallest absolute Gasteiger partial charge is 0.0455 e. The molecular formula is C14H18N2S. The summed E-state index contributed by atoms with van der Waals surface area (Å²) in [5, 5.41) is 0. The minimum absolute atomic E-state index is 0.600. The Balaban J connectivity index is 2.48. The van der Waals surface area contributed by atoms with Gasteiger partial charge in [0.25, 0.3) is 0 Å². The average molecular weight is 246 g/mol. The number of hydrogen-bond donors (Lipinski definition) is 1. The number of benzene rings is 1. The van der Waals surface area contributed by atoms with Crippen LogP contribution in [0.2, 0.25) is 0 Å². The van der Waals surface area contributed by atoms with E-state index in [0.29, 0.717) is 6.54 Å². The third-order valence-corrected chi connectivity index (χ3v) is 3.83. The van der Waals surface area contributed by atoms with Crippen LogP contribution in [0.3, 0.4) is 0 Å². The number of rotatable bonds is 3. The van der Waals surface area contributed by atoms with E-state index in [9.17, 15) is 0 Å². The van der Waals surface area contributed by atoms with Crippen LogP contribution in [-0.4, -0.2) is 10.8 Å². The van der Waals surface area contributed by atoms with Gasteiger partial charge in [-0.2, -0.15) is 0 Å². The topological polar surface area (TPSA) is 30.9 Å². The van der Waals surface area contributed by atoms with Crippen LogP contribution in [0.1, 0.15) is 17.0 Å². The Hall–Kier alpha value is -1.19. The number of aryl methyl sites for hydroxylation is 1. The van der Waals surface area contributed by atoms with E-state index in [1.165, 1.54) is 27.5 Å². The highest BCUT2D eigenvalue weighted by Crippen LogP contribution is 2.22. The van der Waals surface area contributed by atoms with E-state index in [4.69, 9.17) is 5.73 Å². The fourth-order valence-corrected chi connectivity index (χ4v) is 2.57. The number of hydrogen-bond acceptors (Lipinski definition) is 2. The monoisotopic (exact) mass is 246 g/mol. The Kier molecular flexibility index (Phi) is 3.60. The molecule has 17 heavy (non-hydrogen) atoms. The maximum Gasteiger partial charge on any atom is 0.0455 e. The lowest BCUT2D eigenvalue weighted by Gasteiger charge is -2.10. The molecule has 0 aliphatic heterocycles. The van der Waals surface area contributed by atoms with E-state index in [0.717, 1.165) is 0 Å². The number of thioether (sulfide) groups is 1. The summed E-state index contributed by atoms with van der Waals surface area (Å²) in [6.07, 6.45) is 2.09. The summed E-state index contributed by atoms with van der Waals surface area (Å²) in [5.41, 5.74) is 10.6. The molecule has 0 atom stereocenters. The zero-order chi connectivity index (χ0) is 12.4. The molecule has 1 aromatic carbocycles. The summed E-state index contributed by atoms with van der Waals surface area (Å²) in [6, 6.07) is 10.8. The van der Waals surface area contributed by atoms with Gasteiger partial charge in [0.2, 0.25) is 0 Å². The maximum atomic E-state index is 5.74. The molecule has 0 aliphatic carbocycles. The van der Waals surface area contributed by atoms with Gasteiger partial charge in [0.15, 0.2) is 0 Å². The van der Waals surface area contributed by atoms with Crippen molar-refractivity contribution >= 4 is 11.8 Å². The van der Waals surface area contributed by atoms with Crippen LogP contribution in [-0.2, 0) is 6.54 Å². The highest BCUT2D eigenvalue weighted by molar-refractivity contribution is 7.98. The maximum absolute atomic E-state index is 5.74. The molecule has 0 radical (unpaired) electrons. The van der Waals surface area contributed by atoms with Crippen LogP contribution in [0.25, 0.3) is 5.69 Å². The van der Waals surface area contributed by atoms with Gasteiger partial charge in [0.05, 0.1) is 0 Å². The second-order valence-electron chi connectivity index (χ2n) is 4.13. The predicted octanol–water partition coefficient (Wildman–Crippen LogP) is 3.27. The van der Waals surface area contributed by atoms with Gasteiger partial charge in [-0.15, -0.1) is 11.8 Å². The fourth-order valence-electron chi connectivity index (χ4n) is 2.16. The van der Waals surface area contributed by atoms with Gasteiger partial charge in [-0.25, -0.2) is 0 Å². The predicted molar refractivity (Wildman–Crippen MR) is 74.9 cm³/mol. The van der Waals surface area contributed by atoms with Crippen molar-refractivity contribution in [2.75, 3.05) is 6.26 Å². The van der Waals surface area contributed by atoms with Crippen molar-refractivity contribution in [1.82, 2.24) is 4.57 Å². The fraction of sp³-hybridized carbons (Fsp3) is 0.286. The molecule has 1 aromatic heterocycles. The van der Waals surface area contributed by atoms with Crippen molar-refractivity contribution in [2.45, 2.75) is 25.3 Å². The molecule has 0 saturated carbocycles. The molecule has 0 unspecified atom stereocenters. The van der Waals surface area contributed by atoms with Crippen molar-refractivity contribution < 1.29 is 0 Å². The summed E-state index contributed by atoms with van der Waals surface area (Å²) in [4.78, 5) is 1.29.